The maximum atomic E-state index is 11.8. The standard InChI is InChI=1S/C16H16O16.4Na.4H/c17-7(18)3-15(13(27)28,4-8(19)20)31-11(25)1-2-12(26)32-16(14(29)30,5-9(21)22)6-10(23)24;;;;;;;;/h1-2H,3-6H2,(H,17,18)(H,19,20)(H,21,22)(H,23,24)(H,27,28)(H,29,30);;;;;;;;/b2-1-;;;;;;;;. The predicted octanol–water partition coefficient (Wildman–Crippen LogP) is -4.42. The van der Waals surface area contributed by atoms with Gasteiger partial charge in [0.2, 0.25) is 11.2 Å². The fourth-order valence-electron chi connectivity index (χ4n) is 2.23. The summed E-state index contributed by atoms with van der Waals surface area (Å²) in [4.78, 5) is 89.7. The van der Waals surface area contributed by atoms with Crippen LogP contribution in [0.25, 0.3) is 0 Å². The van der Waals surface area contributed by atoms with Crippen LogP contribution >= 0.6 is 0 Å². The maximum absolute atomic E-state index is 11.8. The average Bonchev–Trinajstić information content (AvgIpc) is 2.57. The van der Waals surface area contributed by atoms with Gasteiger partial charge in [0.1, 0.15) is 0 Å². The molecule has 0 saturated carbocycles. The number of esters is 2. The summed E-state index contributed by atoms with van der Waals surface area (Å²) >= 11 is 0. The van der Waals surface area contributed by atoms with E-state index in [0.29, 0.717) is 0 Å². The Morgan fingerprint density at radius 1 is 0.472 bits per heavy atom. The van der Waals surface area contributed by atoms with E-state index in [1.54, 1.807) is 0 Å². The number of carbonyl (C=O) groups is 8. The molecule has 6 N–H and O–H groups in total. The first-order chi connectivity index (χ1) is 14.5. The summed E-state index contributed by atoms with van der Waals surface area (Å²) in [6.07, 6.45) is -5.68. The first-order valence-corrected chi connectivity index (χ1v) is 8.03. The molecule has 36 heavy (non-hydrogen) atoms. The zero-order valence-corrected chi connectivity index (χ0v) is 15.7. The van der Waals surface area contributed by atoms with E-state index in [4.69, 9.17) is 30.6 Å². The minimum absolute atomic E-state index is 0. The van der Waals surface area contributed by atoms with E-state index in [-0.39, 0.29) is 130 Å². The number of hydrogen-bond donors (Lipinski definition) is 6. The molecule has 0 saturated heterocycles. The van der Waals surface area contributed by atoms with Crippen molar-refractivity contribution in [2.24, 2.45) is 0 Å². The van der Waals surface area contributed by atoms with Crippen molar-refractivity contribution < 1.29 is 78.5 Å². The second kappa shape index (κ2) is 20.5. The number of aliphatic carboxylic acids is 6. The van der Waals surface area contributed by atoms with Gasteiger partial charge in [-0.2, -0.15) is 0 Å². The Labute approximate surface area is 289 Å². The van der Waals surface area contributed by atoms with E-state index >= 15 is 0 Å². The quantitative estimate of drug-likeness (QED) is 0.0664. The summed E-state index contributed by atoms with van der Waals surface area (Å²) in [5.74, 6) is -15.2. The Hall–Kier alpha value is -0.500. The summed E-state index contributed by atoms with van der Waals surface area (Å²) in [5, 5.41) is 53.4. The van der Waals surface area contributed by atoms with Gasteiger partial charge in [-0.25, -0.2) is 19.2 Å². The number of carboxylic acid groups (broad SMARTS) is 6. The molecule has 0 unspecified atom stereocenters. The Balaban J connectivity index is -0.000000801. The van der Waals surface area contributed by atoms with Crippen LogP contribution in [0.15, 0.2) is 12.2 Å². The van der Waals surface area contributed by atoms with E-state index in [9.17, 15) is 38.4 Å². The molecule has 0 bridgehead atoms. The van der Waals surface area contributed by atoms with Crippen LogP contribution in [0.2, 0.25) is 0 Å². The molecule has 0 aromatic heterocycles. The number of hydrogen-bond acceptors (Lipinski definition) is 10. The SMILES string of the molecule is O=C(O)CC(CC(=O)O)(OC(=O)/C=C\C(=O)OC(CC(=O)O)(CC(=O)O)C(=O)O)C(=O)O.[NaH].[NaH].[NaH].[NaH]. The monoisotopic (exact) mass is 560 g/mol. The molecule has 0 aliphatic carbocycles. The van der Waals surface area contributed by atoms with Crippen molar-refractivity contribution in [1.29, 1.82) is 0 Å². The average molecular weight is 560 g/mol. The molecule has 0 spiro atoms. The van der Waals surface area contributed by atoms with Crippen LogP contribution in [-0.2, 0) is 47.8 Å². The van der Waals surface area contributed by atoms with Crippen LogP contribution in [0.1, 0.15) is 25.7 Å². The Morgan fingerprint density at radius 3 is 0.806 bits per heavy atom. The van der Waals surface area contributed by atoms with Crippen LogP contribution in [0.4, 0.5) is 0 Å². The fraction of sp³-hybridized carbons (Fsp3) is 0.375. The number of rotatable bonds is 14. The van der Waals surface area contributed by atoms with Crippen LogP contribution in [0.5, 0.6) is 0 Å². The molecule has 0 fully saturated rings. The molecule has 16 nitrogen and oxygen atoms in total. The van der Waals surface area contributed by atoms with Crippen molar-refractivity contribution in [2.75, 3.05) is 0 Å². The summed E-state index contributed by atoms with van der Waals surface area (Å²) in [6, 6.07) is 0. The molecular formula is C16H20Na4O16. The normalized spacial score (nSPS) is 10.1. The van der Waals surface area contributed by atoms with E-state index in [1.807, 2.05) is 0 Å². The molecule has 0 heterocycles. The van der Waals surface area contributed by atoms with Gasteiger partial charge < -0.3 is 40.1 Å². The van der Waals surface area contributed by atoms with Gasteiger partial charge in [-0.3, -0.25) is 19.2 Å². The van der Waals surface area contributed by atoms with Crippen molar-refractivity contribution in [3.63, 3.8) is 0 Å². The molecule has 0 rings (SSSR count). The molecule has 184 valence electrons. The minimum atomic E-state index is -3.07. The third-order valence-electron chi connectivity index (χ3n) is 3.47. The molecule has 0 aromatic carbocycles. The molecular weight excluding hydrogens is 540 g/mol. The summed E-state index contributed by atoms with van der Waals surface area (Å²) < 4.78 is 8.76. The number of carbonyl (C=O) groups excluding carboxylic acids is 2. The van der Waals surface area contributed by atoms with E-state index in [2.05, 4.69) is 9.47 Å². The Kier molecular flexibility index (Phi) is 25.8. The van der Waals surface area contributed by atoms with Gasteiger partial charge in [0.15, 0.2) is 0 Å². The molecule has 0 amide bonds. The van der Waals surface area contributed by atoms with Gasteiger partial charge in [0.05, 0.1) is 25.7 Å². The van der Waals surface area contributed by atoms with Gasteiger partial charge in [0, 0.05) is 12.2 Å². The van der Waals surface area contributed by atoms with Crippen molar-refractivity contribution in [2.45, 2.75) is 36.9 Å². The summed E-state index contributed by atoms with van der Waals surface area (Å²) in [7, 11) is 0. The van der Waals surface area contributed by atoms with Gasteiger partial charge in [-0.15, -0.1) is 0 Å². The van der Waals surface area contributed by atoms with Crippen LogP contribution in [0.3, 0.4) is 0 Å². The Bertz CT molecular complexity index is 781. The van der Waals surface area contributed by atoms with Crippen LogP contribution in [0, 0.1) is 0 Å². The zero-order chi connectivity index (χ0) is 25.3. The Morgan fingerprint density at radius 2 is 0.667 bits per heavy atom. The van der Waals surface area contributed by atoms with Gasteiger partial charge >= 0.3 is 166 Å². The van der Waals surface area contributed by atoms with Gasteiger partial charge in [-0.05, 0) is 0 Å². The summed E-state index contributed by atoms with van der Waals surface area (Å²) in [6.45, 7) is 0. The number of carboxylic acids is 6. The predicted molar refractivity (Wildman–Crippen MR) is 120 cm³/mol. The second-order valence-corrected chi connectivity index (χ2v) is 6.06. The third-order valence-corrected chi connectivity index (χ3v) is 3.47. The topological polar surface area (TPSA) is 276 Å². The van der Waals surface area contributed by atoms with Gasteiger partial charge in [-0.1, -0.05) is 0 Å². The van der Waals surface area contributed by atoms with Crippen LogP contribution in [-0.4, -0.2) is 208 Å². The first kappa shape index (κ1) is 45.4. The van der Waals surface area contributed by atoms with Gasteiger partial charge in [0.25, 0.3) is 0 Å². The van der Waals surface area contributed by atoms with Crippen LogP contribution < -0.4 is 0 Å². The van der Waals surface area contributed by atoms with Crippen molar-refractivity contribution in [3.05, 3.63) is 12.2 Å². The molecule has 20 heteroatoms. The second-order valence-electron chi connectivity index (χ2n) is 6.06. The third kappa shape index (κ3) is 16.4. The first-order valence-electron chi connectivity index (χ1n) is 8.03. The molecule has 0 aliphatic rings. The van der Waals surface area contributed by atoms with E-state index in [1.165, 1.54) is 0 Å². The van der Waals surface area contributed by atoms with Crippen molar-refractivity contribution in [3.8, 4) is 0 Å². The van der Waals surface area contributed by atoms with Crippen molar-refractivity contribution in [1.82, 2.24) is 0 Å². The van der Waals surface area contributed by atoms with E-state index in [0.717, 1.165) is 0 Å². The fourth-order valence-corrected chi connectivity index (χ4v) is 2.23. The molecule has 0 aliphatic heterocycles. The summed E-state index contributed by atoms with van der Waals surface area (Å²) in [5.41, 5.74) is -6.14. The number of ether oxygens (including phenoxy) is 2. The zero-order valence-electron chi connectivity index (χ0n) is 15.7. The molecule has 0 atom stereocenters. The van der Waals surface area contributed by atoms with E-state index < -0.39 is 84.6 Å². The molecule has 0 radical (unpaired) electrons. The van der Waals surface area contributed by atoms with Crippen molar-refractivity contribution >= 4 is 166 Å². The molecule has 0 aromatic rings.